The zero-order valence-electron chi connectivity index (χ0n) is 25.5. The van der Waals surface area contributed by atoms with E-state index in [9.17, 15) is 0 Å². The lowest BCUT2D eigenvalue weighted by Crippen LogP contribution is -1.96. The molecule has 3 nitrogen and oxygen atoms in total. The van der Waals surface area contributed by atoms with E-state index in [2.05, 4.69) is 127 Å². The molecule has 0 unspecified atom stereocenters. The van der Waals surface area contributed by atoms with Gasteiger partial charge >= 0.3 is 0 Å². The molecule has 2 aromatic heterocycles. The topological polar surface area (TPSA) is 38.9 Å². The Morgan fingerprint density at radius 1 is 0.383 bits per heavy atom. The van der Waals surface area contributed by atoms with Crippen LogP contribution in [0.15, 0.2) is 174 Å². The average molecular weight is 601 g/mol. The lowest BCUT2D eigenvalue weighted by atomic mass is 9.94. The number of aromatic nitrogens is 2. The van der Waals surface area contributed by atoms with Crippen molar-refractivity contribution in [1.82, 2.24) is 9.97 Å². The molecule has 0 amide bonds. The summed E-state index contributed by atoms with van der Waals surface area (Å²) in [4.78, 5) is 10.2. The van der Waals surface area contributed by atoms with E-state index in [0.717, 1.165) is 66.5 Å². The summed E-state index contributed by atoms with van der Waals surface area (Å²) in [6, 6.07) is 59.0. The Balaban J connectivity index is 1.30. The smallest absolute Gasteiger partial charge is 0.160 e. The molecule has 0 saturated heterocycles. The van der Waals surface area contributed by atoms with Crippen LogP contribution in [0.3, 0.4) is 0 Å². The highest BCUT2D eigenvalue weighted by atomic mass is 16.3. The summed E-state index contributed by atoms with van der Waals surface area (Å²) in [5.41, 5.74) is 11.0. The molecule has 9 aromatic rings. The van der Waals surface area contributed by atoms with Crippen molar-refractivity contribution in [2.45, 2.75) is 0 Å². The van der Waals surface area contributed by atoms with Gasteiger partial charge in [0.15, 0.2) is 5.82 Å². The van der Waals surface area contributed by atoms with Crippen LogP contribution in [0.5, 0.6) is 0 Å². The Labute approximate surface area is 272 Å². The highest BCUT2D eigenvalue weighted by Crippen LogP contribution is 2.43. The van der Waals surface area contributed by atoms with Gasteiger partial charge in [0, 0.05) is 33.0 Å². The lowest BCUT2D eigenvalue weighted by Gasteiger charge is -2.12. The fourth-order valence-electron chi connectivity index (χ4n) is 6.54. The third-order valence-electron chi connectivity index (χ3n) is 8.89. The summed E-state index contributed by atoms with van der Waals surface area (Å²) >= 11 is 0. The molecule has 3 heteroatoms. The van der Waals surface area contributed by atoms with Crippen molar-refractivity contribution in [3.05, 3.63) is 170 Å². The fourth-order valence-corrected chi connectivity index (χ4v) is 6.54. The summed E-state index contributed by atoms with van der Waals surface area (Å²) in [5.74, 6) is 0.689. The second-order valence-electron chi connectivity index (χ2n) is 11.8. The summed E-state index contributed by atoms with van der Waals surface area (Å²) < 4.78 is 6.81. The molecule has 0 radical (unpaired) electrons. The van der Waals surface area contributed by atoms with Crippen LogP contribution >= 0.6 is 0 Å². The van der Waals surface area contributed by atoms with Crippen LogP contribution in [-0.2, 0) is 0 Å². The summed E-state index contributed by atoms with van der Waals surface area (Å²) in [5, 5.41) is 4.43. The maximum absolute atomic E-state index is 6.81. The number of fused-ring (bicyclic) bond motifs is 4. The van der Waals surface area contributed by atoms with Crippen molar-refractivity contribution in [3.63, 3.8) is 0 Å². The normalized spacial score (nSPS) is 11.4. The maximum Gasteiger partial charge on any atom is 0.160 e. The summed E-state index contributed by atoms with van der Waals surface area (Å²) in [7, 11) is 0. The molecular weight excluding hydrogens is 572 g/mol. The third kappa shape index (κ3) is 4.86. The van der Waals surface area contributed by atoms with E-state index in [-0.39, 0.29) is 0 Å². The molecule has 7 aromatic carbocycles. The first kappa shape index (κ1) is 27.0. The predicted octanol–water partition coefficient (Wildman–Crippen LogP) is 11.9. The van der Waals surface area contributed by atoms with Crippen LogP contribution in [0.4, 0.5) is 0 Å². The molecule has 0 aliphatic carbocycles. The second-order valence-corrected chi connectivity index (χ2v) is 11.8. The van der Waals surface area contributed by atoms with Crippen molar-refractivity contribution in [2.75, 3.05) is 0 Å². The van der Waals surface area contributed by atoms with E-state index in [1.54, 1.807) is 0 Å². The van der Waals surface area contributed by atoms with Gasteiger partial charge in [0.25, 0.3) is 0 Å². The molecule has 0 bridgehead atoms. The number of benzene rings is 7. The number of nitrogens with zero attached hydrogens (tertiary/aromatic N) is 2. The van der Waals surface area contributed by atoms with Crippen molar-refractivity contribution >= 4 is 32.7 Å². The van der Waals surface area contributed by atoms with E-state index in [1.165, 1.54) is 16.5 Å². The van der Waals surface area contributed by atoms with E-state index < -0.39 is 0 Å². The summed E-state index contributed by atoms with van der Waals surface area (Å²) in [6.45, 7) is 0. The van der Waals surface area contributed by atoms with Crippen molar-refractivity contribution in [1.29, 1.82) is 0 Å². The molecule has 0 fully saturated rings. The molecule has 0 atom stereocenters. The van der Waals surface area contributed by atoms with Gasteiger partial charge in [-0.15, -0.1) is 0 Å². The quantitative estimate of drug-likeness (QED) is 0.197. The first-order valence-electron chi connectivity index (χ1n) is 15.8. The van der Waals surface area contributed by atoms with E-state index in [4.69, 9.17) is 14.4 Å². The number of hydrogen-bond donors (Lipinski definition) is 0. The molecule has 0 aliphatic rings. The largest absolute Gasteiger partial charge is 0.455 e. The van der Waals surface area contributed by atoms with Gasteiger partial charge in [-0.2, -0.15) is 0 Å². The molecule has 2 heterocycles. The van der Waals surface area contributed by atoms with Crippen molar-refractivity contribution in [2.24, 2.45) is 0 Å². The number of rotatable bonds is 5. The number of furan rings is 1. The SMILES string of the molecule is c1ccc(-c2ccc(-c3ccc(-c4cc(-c5ccccc5)nc(-c5ccccc5)n4)c4c3oc3cc5ccccc5cc34)cc2)cc1. The van der Waals surface area contributed by atoms with Crippen LogP contribution in [0.2, 0.25) is 0 Å². The standard InChI is InChI=1S/C44H28N2O/c1-4-12-29(13-5-1)30-20-22-31(23-21-30)36-24-25-37(42-38-26-34-18-10-11-19-35(34)27-41(38)47-43(36)42)40-28-39(32-14-6-2-7-15-32)45-44(46-40)33-16-8-3-9-17-33/h1-28H. The van der Waals surface area contributed by atoms with Gasteiger partial charge in [-0.25, -0.2) is 9.97 Å². The molecule has 9 rings (SSSR count). The zero-order valence-corrected chi connectivity index (χ0v) is 25.5. The van der Waals surface area contributed by atoms with Gasteiger partial charge in [-0.3, -0.25) is 0 Å². The average Bonchev–Trinajstić information content (AvgIpc) is 3.53. The molecule has 47 heavy (non-hydrogen) atoms. The van der Waals surface area contributed by atoms with Crippen LogP contribution in [0.25, 0.3) is 88.9 Å². The molecule has 0 N–H and O–H groups in total. The van der Waals surface area contributed by atoms with E-state index in [1.807, 2.05) is 42.5 Å². The van der Waals surface area contributed by atoms with Gasteiger partial charge in [-0.1, -0.05) is 146 Å². The van der Waals surface area contributed by atoms with Crippen LogP contribution in [0, 0.1) is 0 Å². The Bertz CT molecular complexity index is 2480. The van der Waals surface area contributed by atoms with Gasteiger partial charge in [-0.05, 0) is 51.7 Å². The van der Waals surface area contributed by atoms with E-state index in [0.29, 0.717) is 5.82 Å². The molecular formula is C44H28N2O. The highest BCUT2D eigenvalue weighted by molar-refractivity contribution is 6.18. The first-order valence-corrected chi connectivity index (χ1v) is 15.8. The monoisotopic (exact) mass is 600 g/mol. The number of hydrogen-bond acceptors (Lipinski definition) is 3. The Morgan fingerprint density at radius 2 is 0.915 bits per heavy atom. The first-order chi connectivity index (χ1) is 23.3. The minimum absolute atomic E-state index is 0.689. The zero-order chi connectivity index (χ0) is 31.2. The molecule has 0 spiro atoms. The van der Waals surface area contributed by atoms with Crippen LogP contribution in [0.1, 0.15) is 0 Å². The van der Waals surface area contributed by atoms with Crippen LogP contribution < -0.4 is 0 Å². The van der Waals surface area contributed by atoms with Gasteiger partial charge in [0.05, 0.1) is 11.4 Å². The lowest BCUT2D eigenvalue weighted by molar-refractivity contribution is 0.670. The highest BCUT2D eigenvalue weighted by Gasteiger charge is 2.20. The minimum Gasteiger partial charge on any atom is -0.455 e. The van der Waals surface area contributed by atoms with Gasteiger partial charge < -0.3 is 4.42 Å². The second kappa shape index (κ2) is 11.2. The van der Waals surface area contributed by atoms with E-state index >= 15 is 0 Å². The van der Waals surface area contributed by atoms with Gasteiger partial charge in [0.2, 0.25) is 0 Å². The summed E-state index contributed by atoms with van der Waals surface area (Å²) in [6.07, 6.45) is 0. The Kier molecular flexibility index (Phi) is 6.46. The Morgan fingerprint density at radius 3 is 1.62 bits per heavy atom. The van der Waals surface area contributed by atoms with Crippen LogP contribution in [-0.4, -0.2) is 9.97 Å². The maximum atomic E-state index is 6.81. The minimum atomic E-state index is 0.689. The molecule has 0 aliphatic heterocycles. The van der Waals surface area contributed by atoms with Crippen molar-refractivity contribution < 1.29 is 4.42 Å². The fraction of sp³-hybridized carbons (Fsp3) is 0. The predicted molar refractivity (Wildman–Crippen MR) is 194 cm³/mol. The Hall–Kier alpha value is -6.32. The van der Waals surface area contributed by atoms with Gasteiger partial charge in [0.1, 0.15) is 11.2 Å². The third-order valence-corrected chi connectivity index (χ3v) is 8.89. The van der Waals surface area contributed by atoms with Crippen molar-refractivity contribution in [3.8, 4) is 56.2 Å². The molecule has 220 valence electrons. The molecule has 0 saturated carbocycles.